The lowest BCUT2D eigenvalue weighted by Crippen LogP contribution is -2.36. The maximum atomic E-state index is 11.8. The van der Waals surface area contributed by atoms with Crippen LogP contribution in [0.2, 0.25) is 0 Å². The average molecular weight is 252 g/mol. The largest absolute Gasteiger partial charge is 0.462 e. The third kappa shape index (κ3) is 3.49. The van der Waals surface area contributed by atoms with Crippen LogP contribution in [-0.4, -0.2) is 12.1 Å². The molecule has 18 heavy (non-hydrogen) atoms. The van der Waals surface area contributed by atoms with Gasteiger partial charge in [0.1, 0.15) is 6.10 Å². The minimum atomic E-state index is 0.00251. The molecular weight excluding hydrogens is 224 g/mol. The number of ether oxygens (including phenoxy) is 1. The van der Waals surface area contributed by atoms with E-state index in [1.807, 2.05) is 13.8 Å². The third-order valence-electron chi connectivity index (χ3n) is 4.75. The summed E-state index contributed by atoms with van der Waals surface area (Å²) in [6, 6.07) is 0. The second-order valence-corrected chi connectivity index (χ2v) is 6.48. The summed E-state index contributed by atoms with van der Waals surface area (Å²) < 4.78 is 5.78. The summed E-state index contributed by atoms with van der Waals surface area (Å²) in [6.45, 7) is 3.86. The van der Waals surface area contributed by atoms with Crippen molar-refractivity contribution in [3.8, 4) is 0 Å². The summed E-state index contributed by atoms with van der Waals surface area (Å²) in [7, 11) is 0. The van der Waals surface area contributed by atoms with E-state index in [4.69, 9.17) is 4.74 Å². The summed E-state index contributed by atoms with van der Waals surface area (Å²) in [5, 5.41) is 0. The molecule has 2 saturated carbocycles. The van der Waals surface area contributed by atoms with Crippen LogP contribution in [0.25, 0.3) is 0 Å². The molecule has 2 atom stereocenters. The van der Waals surface area contributed by atoms with Gasteiger partial charge in [-0.25, -0.2) is 0 Å². The van der Waals surface area contributed by atoms with Gasteiger partial charge >= 0.3 is 5.97 Å². The van der Waals surface area contributed by atoms with Crippen molar-refractivity contribution < 1.29 is 9.53 Å². The molecule has 0 spiro atoms. The van der Waals surface area contributed by atoms with E-state index in [-0.39, 0.29) is 18.0 Å². The molecule has 0 bridgehead atoms. The number of esters is 1. The molecule has 0 aliphatic heterocycles. The van der Waals surface area contributed by atoms with Gasteiger partial charge in [0.2, 0.25) is 0 Å². The fourth-order valence-corrected chi connectivity index (χ4v) is 3.66. The maximum Gasteiger partial charge on any atom is 0.308 e. The Labute approximate surface area is 111 Å². The van der Waals surface area contributed by atoms with E-state index in [1.165, 1.54) is 51.4 Å². The van der Waals surface area contributed by atoms with E-state index < -0.39 is 0 Å². The van der Waals surface area contributed by atoms with E-state index in [1.54, 1.807) is 0 Å². The van der Waals surface area contributed by atoms with Crippen molar-refractivity contribution in [1.29, 1.82) is 0 Å². The Morgan fingerprint density at radius 3 is 2.22 bits per heavy atom. The summed E-state index contributed by atoms with van der Waals surface area (Å²) in [5.74, 6) is 1.49. The highest BCUT2D eigenvalue weighted by Gasteiger charge is 2.34. The molecule has 0 N–H and O–H groups in total. The third-order valence-corrected chi connectivity index (χ3v) is 4.75. The molecule has 2 fully saturated rings. The van der Waals surface area contributed by atoms with Gasteiger partial charge in [0.15, 0.2) is 0 Å². The van der Waals surface area contributed by atoms with Crippen LogP contribution in [0, 0.1) is 17.8 Å². The van der Waals surface area contributed by atoms with E-state index >= 15 is 0 Å². The van der Waals surface area contributed by atoms with Crippen LogP contribution in [-0.2, 0) is 9.53 Å². The van der Waals surface area contributed by atoms with Crippen LogP contribution in [0.15, 0.2) is 0 Å². The first kappa shape index (κ1) is 13.9. The van der Waals surface area contributed by atoms with Gasteiger partial charge in [-0.05, 0) is 31.1 Å². The Morgan fingerprint density at radius 1 is 0.944 bits per heavy atom. The van der Waals surface area contributed by atoms with Crippen LogP contribution in [0.4, 0.5) is 0 Å². The standard InChI is InChI=1S/C16H28O2/c1-12(2)16(17)18-15-11-7-6-10-14(15)13-8-4-3-5-9-13/h12-15H,3-11H2,1-2H3. The highest BCUT2D eigenvalue weighted by molar-refractivity contribution is 5.71. The fraction of sp³-hybridized carbons (Fsp3) is 0.938. The summed E-state index contributed by atoms with van der Waals surface area (Å²) in [4.78, 5) is 11.8. The van der Waals surface area contributed by atoms with E-state index in [0.29, 0.717) is 5.92 Å². The van der Waals surface area contributed by atoms with Gasteiger partial charge in [0, 0.05) is 0 Å². The minimum absolute atomic E-state index is 0.00251. The van der Waals surface area contributed by atoms with Gasteiger partial charge in [-0.3, -0.25) is 4.79 Å². The van der Waals surface area contributed by atoms with Crippen LogP contribution in [0.5, 0.6) is 0 Å². The summed E-state index contributed by atoms with van der Waals surface area (Å²) in [6.07, 6.45) is 12.0. The predicted octanol–water partition coefficient (Wildman–Crippen LogP) is 4.32. The van der Waals surface area contributed by atoms with Crippen molar-refractivity contribution in [3.05, 3.63) is 0 Å². The van der Waals surface area contributed by atoms with Gasteiger partial charge in [-0.1, -0.05) is 52.4 Å². The van der Waals surface area contributed by atoms with Crippen molar-refractivity contribution >= 4 is 5.97 Å². The second-order valence-electron chi connectivity index (χ2n) is 6.48. The fourth-order valence-electron chi connectivity index (χ4n) is 3.66. The molecule has 2 nitrogen and oxygen atoms in total. The Bertz CT molecular complexity index is 266. The Morgan fingerprint density at radius 2 is 1.56 bits per heavy atom. The van der Waals surface area contributed by atoms with Gasteiger partial charge in [0.05, 0.1) is 5.92 Å². The zero-order chi connectivity index (χ0) is 13.0. The summed E-state index contributed by atoms with van der Waals surface area (Å²) in [5.41, 5.74) is 0. The first-order valence-corrected chi connectivity index (χ1v) is 7.89. The van der Waals surface area contributed by atoms with E-state index in [2.05, 4.69) is 0 Å². The molecule has 2 rings (SSSR count). The molecule has 2 unspecified atom stereocenters. The summed E-state index contributed by atoms with van der Waals surface area (Å²) >= 11 is 0. The topological polar surface area (TPSA) is 26.3 Å². The van der Waals surface area contributed by atoms with Crippen molar-refractivity contribution in [2.24, 2.45) is 17.8 Å². The second kappa shape index (κ2) is 6.58. The van der Waals surface area contributed by atoms with Crippen LogP contribution >= 0.6 is 0 Å². The number of hydrogen-bond acceptors (Lipinski definition) is 2. The van der Waals surface area contributed by atoms with Crippen molar-refractivity contribution in [2.45, 2.75) is 77.7 Å². The first-order valence-electron chi connectivity index (χ1n) is 7.89. The number of rotatable bonds is 3. The Kier molecular flexibility index (Phi) is 5.08. The molecule has 2 aliphatic rings. The predicted molar refractivity (Wildman–Crippen MR) is 73.3 cm³/mol. The Hall–Kier alpha value is -0.530. The molecular formula is C16H28O2. The number of carbonyl (C=O) groups is 1. The quantitative estimate of drug-likeness (QED) is 0.699. The van der Waals surface area contributed by atoms with E-state index in [0.717, 1.165) is 12.3 Å². The SMILES string of the molecule is CC(C)C(=O)OC1CCCCC1C1CCCCC1. The van der Waals surface area contributed by atoms with Gasteiger partial charge in [0.25, 0.3) is 0 Å². The highest BCUT2D eigenvalue weighted by atomic mass is 16.5. The zero-order valence-electron chi connectivity index (χ0n) is 12.0. The lowest BCUT2D eigenvalue weighted by molar-refractivity contribution is -0.159. The van der Waals surface area contributed by atoms with Crippen LogP contribution < -0.4 is 0 Å². The first-order chi connectivity index (χ1) is 8.68. The zero-order valence-corrected chi connectivity index (χ0v) is 12.0. The lowest BCUT2D eigenvalue weighted by Gasteiger charge is -2.38. The smallest absolute Gasteiger partial charge is 0.308 e. The van der Waals surface area contributed by atoms with Crippen molar-refractivity contribution in [3.63, 3.8) is 0 Å². The van der Waals surface area contributed by atoms with Crippen molar-refractivity contribution in [1.82, 2.24) is 0 Å². The minimum Gasteiger partial charge on any atom is -0.462 e. The molecule has 2 aliphatic carbocycles. The maximum absolute atomic E-state index is 11.8. The van der Waals surface area contributed by atoms with Crippen LogP contribution in [0.3, 0.4) is 0 Å². The van der Waals surface area contributed by atoms with E-state index in [9.17, 15) is 4.79 Å². The van der Waals surface area contributed by atoms with Gasteiger partial charge in [-0.15, -0.1) is 0 Å². The molecule has 0 amide bonds. The molecule has 2 heteroatoms. The molecule has 0 aromatic rings. The number of carbonyl (C=O) groups excluding carboxylic acids is 1. The molecule has 0 saturated heterocycles. The molecule has 0 aromatic carbocycles. The number of hydrogen-bond donors (Lipinski definition) is 0. The average Bonchev–Trinajstić information content (AvgIpc) is 2.40. The molecule has 104 valence electrons. The molecule has 0 heterocycles. The normalized spacial score (nSPS) is 30.4. The molecule has 0 aromatic heterocycles. The Balaban J connectivity index is 1.94. The molecule has 0 radical (unpaired) electrons. The van der Waals surface area contributed by atoms with Crippen molar-refractivity contribution in [2.75, 3.05) is 0 Å². The van der Waals surface area contributed by atoms with Crippen LogP contribution in [0.1, 0.15) is 71.6 Å². The highest BCUT2D eigenvalue weighted by Crippen LogP contribution is 2.39. The van der Waals surface area contributed by atoms with Gasteiger partial charge in [-0.2, -0.15) is 0 Å². The van der Waals surface area contributed by atoms with Gasteiger partial charge < -0.3 is 4.74 Å². The lowest BCUT2D eigenvalue weighted by atomic mass is 9.72. The monoisotopic (exact) mass is 252 g/mol.